The number of fused-ring (bicyclic) bond motifs is 1. The Morgan fingerprint density at radius 1 is 1.27 bits per heavy atom. The Balaban J connectivity index is 1.93. The number of carbonyl (C=O) groups is 1. The molecule has 2 heterocycles. The van der Waals surface area contributed by atoms with E-state index in [1.165, 1.54) is 7.11 Å². The fraction of sp³-hybridized carbons (Fsp3) is 0.235. The predicted octanol–water partition coefficient (Wildman–Crippen LogP) is 1.39. The molecule has 0 aliphatic rings. The fourth-order valence-electron chi connectivity index (χ4n) is 2.56. The minimum absolute atomic E-state index is 0.223. The Bertz CT molecular complexity index is 982. The summed E-state index contributed by atoms with van der Waals surface area (Å²) in [6.07, 6.45) is 0. The lowest BCUT2D eigenvalue weighted by atomic mass is 10.1. The molecule has 9 heteroatoms. The molecule has 1 atom stereocenters. The van der Waals surface area contributed by atoms with Crippen molar-refractivity contribution < 1.29 is 14.6 Å². The number of hydrogen-bond acceptors (Lipinski definition) is 8. The third-order valence-corrected chi connectivity index (χ3v) is 5.26. The third-order valence-electron chi connectivity index (χ3n) is 4.18. The molecule has 0 fully saturated rings. The van der Waals surface area contributed by atoms with Crippen molar-refractivity contribution in [3.8, 4) is 5.75 Å². The van der Waals surface area contributed by atoms with E-state index in [0.29, 0.717) is 27.2 Å². The maximum Gasteiger partial charge on any atom is 0.267 e. The quantitative estimate of drug-likeness (QED) is 0.507. The van der Waals surface area contributed by atoms with Crippen molar-refractivity contribution in [2.75, 3.05) is 12.8 Å². The summed E-state index contributed by atoms with van der Waals surface area (Å²) in [5.41, 5.74) is 14.2. The summed E-state index contributed by atoms with van der Waals surface area (Å²) in [6.45, 7) is 3.69. The highest BCUT2D eigenvalue weighted by atomic mass is 32.1. The van der Waals surface area contributed by atoms with Gasteiger partial charge in [-0.05, 0) is 43.7 Å². The zero-order valence-electron chi connectivity index (χ0n) is 14.5. The van der Waals surface area contributed by atoms with Gasteiger partial charge >= 0.3 is 0 Å². The molecule has 0 bridgehead atoms. The average molecular weight is 373 g/mol. The van der Waals surface area contributed by atoms with Gasteiger partial charge in [0.2, 0.25) is 5.85 Å². The molecule has 0 saturated heterocycles. The van der Waals surface area contributed by atoms with Crippen LogP contribution in [0.3, 0.4) is 0 Å². The van der Waals surface area contributed by atoms with E-state index in [4.69, 9.17) is 16.2 Å². The van der Waals surface area contributed by atoms with Crippen molar-refractivity contribution >= 4 is 33.1 Å². The highest BCUT2D eigenvalue weighted by molar-refractivity contribution is 7.21. The second kappa shape index (κ2) is 6.52. The molecule has 26 heavy (non-hydrogen) atoms. The first kappa shape index (κ1) is 18.1. The van der Waals surface area contributed by atoms with E-state index in [2.05, 4.69) is 15.5 Å². The number of rotatable bonds is 4. The second-order valence-corrected chi connectivity index (χ2v) is 6.88. The van der Waals surface area contributed by atoms with Gasteiger partial charge in [0.05, 0.1) is 18.5 Å². The number of aliphatic hydroxyl groups is 1. The number of aromatic nitrogens is 2. The van der Waals surface area contributed by atoms with Crippen molar-refractivity contribution in [3.05, 3.63) is 46.0 Å². The van der Waals surface area contributed by atoms with Crippen LogP contribution in [0.15, 0.2) is 24.3 Å². The third kappa shape index (κ3) is 3.07. The molecule has 3 rings (SSSR count). The van der Waals surface area contributed by atoms with E-state index in [1.807, 2.05) is 13.8 Å². The highest BCUT2D eigenvalue weighted by Crippen LogP contribution is 2.35. The number of nitrogens with two attached hydrogens (primary N) is 2. The molecule has 0 aliphatic carbocycles. The molecule has 1 amide bonds. The minimum atomic E-state index is -2.07. The molecule has 0 aliphatic heterocycles. The molecule has 0 spiro atoms. The number of anilines is 1. The van der Waals surface area contributed by atoms with Gasteiger partial charge in [0, 0.05) is 10.9 Å². The van der Waals surface area contributed by atoms with Crippen LogP contribution in [0.5, 0.6) is 5.75 Å². The number of benzene rings is 1. The number of hydrogen-bond donors (Lipinski definition) is 4. The number of ether oxygens (including phenoxy) is 1. The Labute approximate surface area is 153 Å². The molecule has 136 valence electrons. The second-order valence-electron chi connectivity index (χ2n) is 5.88. The lowest BCUT2D eigenvalue weighted by Gasteiger charge is -2.24. The van der Waals surface area contributed by atoms with Crippen LogP contribution in [-0.4, -0.2) is 28.3 Å². The highest BCUT2D eigenvalue weighted by Gasteiger charge is 2.29. The van der Waals surface area contributed by atoms with Gasteiger partial charge in [-0.3, -0.25) is 10.5 Å². The zero-order valence-corrected chi connectivity index (χ0v) is 15.3. The molecule has 2 aromatic heterocycles. The first-order valence-corrected chi connectivity index (χ1v) is 8.56. The maximum atomic E-state index is 12.6. The molecular formula is C17H19N5O3S. The smallest absolute Gasteiger partial charge is 0.267 e. The number of thiophene rings is 1. The largest absolute Gasteiger partial charge is 0.497 e. The molecule has 1 aromatic carbocycles. The Morgan fingerprint density at radius 3 is 2.54 bits per heavy atom. The standard InChI is InChI=1S/C17H19N5O3S/c1-8-9(2)21-22-16-12(8)13(18)14(26-16)15(23)20-17(19,24)10-4-6-11(25-3)7-5-10/h4-7,24H,18-19H2,1-3H3,(H,20,23). The van der Waals surface area contributed by atoms with E-state index in [0.717, 1.165) is 22.6 Å². The number of nitrogen functional groups attached to an aromatic ring is 1. The Kier molecular flexibility index (Phi) is 4.53. The van der Waals surface area contributed by atoms with Gasteiger partial charge in [-0.15, -0.1) is 16.4 Å². The average Bonchev–Trinajstić information content (AvgIpc) is 2.95. The van der Waals surface area contributed by atoms with E-state index >= 15 is 0 Å². The van der Waals surface area contributed by atoms with Gasteiger partial charge in [0.1, 0.15) is 15.5 Å². The van der Waals surface area contributed by atoms with Gasteiger partial charge in [-0.2, -0.15) is 5.10 Å². The minimum Gasteiger partial charge on any atom is -0.497 e. The van der Waals surface area contributed by atoms with Crippen molar-refractivity contribution in [1.82, 2.24) is 15.5 Å². The Morgan fingerprint density at radius 2 is 1.92 bits per heavy atom. The summed E-state index contributed by atoms with van der Waals surface area (Å²) in [6, 6.07) is 6.39. The van der Waals surface area contributed by atoms with Crippen LogP contribution in [0.1, 0.15) is 26.5 Å². The summed E-state index contributed by atoms with van der Waals surface area (Å²) < 4.78 is 5.06. The number of carbonyl (C=O) groups excluding carboxylic acids is 1. The van der Waals surface area contributed by atoms with Crippen LogP contribution >= 0.6 is 11.3 Å². The summed E-state index contributed by atoms with van der Waals surface area (Å²) in [4.78, 5) is 13.4. The molecule has 6 N–H and O–H groups in total. The molecule has 3 aromatic rings. The first-order valence-electron chi connectivity index (χ1n) is 7.74. The number of nitrogens with zero attached hydrogens (tertiary/aromatic N) is 2. The van der Waals surface area contributed by atoms with Crippen molar-refractivity contribution in [3.63, 3.8) is 0 Å². The van der Waals surface area contributed by atoms with Crippen molar-refractivity contribution in [1.29, 1.82) is 0 Å². The van der Waals surface area contributed by atoms with E-state index in [1.54, 1.807) is 24.3 Å². The van der Waals surface area contributed by atoms with Gasteiger partial charge in [0.25, 0.3) is 5.91 Å². The lowest BCUT2D eigenvalue weighted by Crippen LogP contribution is -2.52. The lowest BCUT2D eigenvalue weighted by molar-refractivity contribution is 0.00909. The van der Waals surface area contributed by atoms with E-state index in [-0.39, 0.29) is 4.88 Å². The first-order chi connectivity index (χ1) is 12.2. The van der Waals surface area contributed by atoms with E-state index < -0.39 is 11.8 Å². The molecule has 0 saturated carbocycles. The van der Waals surface area contributed by atoms with Crippen LogP contribution in [0.2, 0.25) is 0 Å². The molecule has 0 radical (unpaired) electrons. The van der Waals surface area contributed by atoms with E-state index in [9.17, 15) is 9.90 Å². The van der Waals surface area contributed by atoms with Gasteiger partial charge in [-0.25, -0.2) is 0 Å². The van der Waals surface area contributed by atoms with Crippen molar-refractivity contribution in [2.24, 2.45) is 5.73 Å². The van der Waals surface area contributed by atoms with Crippen LogP contribution in [0.25, 0.3) is 10.2 Å². The SMILES string of the molecule is COc1ccc(C(N)(O)NC(=O)c2sc3nnc(C)c(C)c3c2N)cc1. The summed E-state index contributed by atoms with van der Waals surface area (Å²) in [5, 5.41) is 21.7. The zero-order chi connectivity index (χ0) is 19.1. The topological polar surface area (TPSA) is 136 Å². The van der Waals surface area contributed by atoms with Crippen molar-refractivity contribution in [2.45, 2.75) is 19.7 Å². The number of aryl methyl sites for hydroxylation is 2. The fourth-order valence-corrected chi connectivity index (χ4v) is 3.55. The summed E-state index contributed by atoms with van der Waals surface area (Å²) in [7, 11) is 1.53. The van der Waals surface area contributed by atoms with Crippen LogP contribution < -0.4 is 21.5 Å². The van der Waals surface area contributed by atoms with Gasteiger partial charge < -0.3 is 20.9 Å². The Hall–Kier alpha value is -2.75. The number of methoxy groups -OCH3 is 1. The summed E-state index contributed by atoms with van der Waals surface area (Å²) in [5.74, 6) is -2.06. The molecular weight excluding hydrogens is 354 g/mol. The monoisotopic (exact) mass is 373 g/mol. The van der Waals surface area contributed by atoms with Crippen LogP contribution in [0.4, 0.5) is 5.69 Å². The van der Waals surface area contributed by atoms with Gasteiger partial charge in [-0.1, -0.05) is 0 Å². The number of nitrogens with one attached hydrogen (secondary N) is 1. The maximum absolute atomic E-state index is 12.6. The predicted molar refractivity (Wildman–Crippen MR) is 99.8 cm³/mol. The van der Waals surface area contributed by atoms with Crippen LogP contribution in [0, 0.1) is 13.8 Å². The van der Waals surface area contributed by atoms with Crippen LogP contribution in [-0.2, 0) is 5.85 Å². The summed E-state index contributed by atoms with van der Waals surface area (Å²) >= 11 is 1.10. The van der Waals surface area contributed by atoms with Gasteiger partial charge in [0.15, 0.2) is 0 Å². The molecule has 1 unspecified atom stereocenters. The number of amides is 1. The normalized spacial score (nSPS) is 13.4. The molecule has 8 nitrogen and oxygen atoms in total.